The Hall–Kier alpha value is -6.74. The molecule has 9 nitrogen and oxygen atoms in total. The molecule has 1 saturated heterocycles. The number of rotatable bonds is 5. The number of fused-ring (bicyclic) bond motifs is 6. The van der Waals surface area contributed by atoms with Gasteiger partial charge in [0.1, 0.15) is 0 Å². The molecule has 2 N–H and O–H groups in total. The van der Waals surface area contributed by atoms with Crippen molar-refractivity contribution >= 4 is 55.5 Å². The molecule has 2 atom stereocenters. The second kappa shape index (κ2) is 10.4. The average Bonchev–Trinajstić information content (AvgIpc) is 3.88. The van der Waals surface area contributed by atoms with Gasteiger partial charge in [0.05, 0.1) is 28.7 Å². The number of hydrogen-bond donors (Lipinski definition) is 2. The SMILES string of the molecule is O=C1C(c2ccccc2)C(c2c(-c3ccccc3)[nH]c3ccccc23)N1c1nnc(-n2c(=O)c3ccccc3c3[nH]c4ccccc4c32)o1. The van der Waals surface area contributed by atoms with Gasteiger partial charge in [-0.1, -0.05) is 125 Å². The molecule has 5 aromatic carbocycles. The van der Waals surface area contributed by atoms with Crippen molar-refractivity contribution in [2.24, 2.45) is 0 Å². The van der Waals surface area contributed by atoms with Gasteiger partial charge in [-0.05, 0) is 29.3 Å². The molecular formula is C40H26N6O3. The van der Waals surface area contributed by atoms with Crippen LogP contribution in [0.25, 0.3) is 60.9 Å². The van der Waals surface area contributed by atoms with E-state index in [4.69, 9.17) is 4.42 Å². The second-order valence-electron chi connectivity index (χ2n) is 12.3. The van der Waals surface area contributed by atoms with E-state index in [1.165, 1.54) is 4.57 Å². The van der Waals surface area contributed by atoms with Gasteiger partial charge in [0.15, 0.2) is 0 Å². The van der Waals surface area contributed by atoms with Crippen molar-refractivity contribution < 1.29 is 9.21 Å². The molecule has 1 fully saturated rings. The minimum atomic E-state index is -0.498. The maximum atomic E-state index is 14.3. The first-order chi connectivity index (χ1) is 24.2. The van der Waals surface area contributed by atoms with E-state index in [0.717, 1.165) is 55.1 Å². The summed E-state index contributed by atoms with van der Waals surface area (Å²) in [4.78, 5) is 37.2. The third-order valence-electron chi connectivity index (χ3n) is 9.69. The van der Waals surface area contributed by atoms with Crippen LogP contribution in [0.5, 0.6) is 0 Å². The highest BCUT2D eigenvalue weighted by molar-refractivity contribution is 6.15. The van der Waals surface area contributed by atoms with Crippen LogP contribution in [0.3, 0.4) is 0 Å². The van der Waals surface area contributed by atoms with Crippen LogP contribution in [-0.4, -0.2) is 30.6 Å². The number of aromatic amines is 2. The van der Waals surface area contributed by atoms with Crippen molar-refractivity contribution in [3.63, 3.8) is 0 Å². The van der Waals surface area contributed by atoms with Gasteiger partial charge < -0.3 is 14.4 Å². The van der Waals surface area contributed by atoms with E-state index < -0.39 is 12.0 Å². The lowest BCUT2D eigenvalue weighted by Gasteiger charge is -2.45. The summed E-state index contributed by atoms with van der Waals surface area (Å²) in [6.07, 6.45) is 0. The highest BCUT2D eigenvalue weighted by Gasteiger charge is 2.53. The first kappa shape index (κ1) is 27.4. The van der Waals surface area contributed by atoms with Crippen molar-refractivity contribution in [1.29, 1.82) is 0 Å². The van der Waals surface area contributed by atoms with Crippen molar-refractivity contribution in [3.8, 4) is 17.3 Å². The number of H-pyrrole nitrogens is 2. The van der Waals surface area contributed by atoms with Gasteiger partial charge in [-0.2, -0.15) is 0 Å². The Morgan fingerprint density at radius 3 is 1.94 bits per heavy atom. The standard InChI is InChI=1S/C40H26N6O3/c47-37-26-18-8-7-17-25(26)34-35(28-20-10-12-22-30(28)42-34)45(37)39-43-44-40(49-39)46-36(31(38(46)48)23-13-3-1-4-14-23)32-27-19-9-11-21-29(27)41-33(32)24-15-5-2-6-16-24/h1-22,31,36,41-42H. The van der Waals surface area contributed by atoms with E-state index in [0.29, 0.717) is 10.9 Å². The number of amides is 1. The fourth-order valence-electron chi connectivity index (χ4n) is 7.53. The van der Waals surface area contributed by atoms with Gasteiger partial charge in [-0.25, -0.2) is 4.57 Å². The second-order valence-corrected chi connectivity index (χ2v) is 12.3. The zero-order chi connectivity index (χ0) is 32.6. The number of β-lactam (4-membered cyclic amide) rings is 1. The quantitative estimate of drug-likeness (QED) is 0.185. The molecule has 0 aliphatic carbocycles. The normalized spacial score (nSPS) is 16.2. The molecule has 4 aromatic heterocycles. The summed E-state index contributed by atoms with van der Waals surface area (Å²) < 4.78 is 7.85. The van der Waals surface area contributed by atoms with E-state index in [1.807, 2.05) is 109 Å². The topological polar surface area (TPSA) is 113 Å². The van der Waals surface area contributed by atoms with Crippen LogP contribution >= 0.6 is 0 Å². The van der Waals surface area contributed by atoms with E-state index in [9.17, 15) is 9.59 Å². The monoisotopic (exact) mass is 638 g/mol. The van der Waals surface area contributed by atoms with Crippen LogP contribution in [0.4, 0.5) is 6.01 Å². The van der Waals surface area contributed by atoms with E-state index in [2.05, 4.69) is 38.4 Å². The lowest BCUT2D eigenvalue weighted by Crippen LogP contribution is -2.54. The predicted molar refractivity (Wildman–Crippen MR) is 190 cm³/mol. The minimum absolute atomic E-state index is 0.0163. The van der Waals surface area contributed by atoms with Crippen LogP contribution in [0, 0.1) is 0 Å². The summed E-state index contributed by atoms with van der Waals surface area (Å²) in [5, 5.41) is 12.0. The molecule has 5 heterocycles. The molecule has 0 bridgehead atoms. The smallest absolute Gasteiger partial charge is 0.331 e. The number of para-hydroxylation sites is 2. The van der Waals surface area contributed by atoms with Crippen molar-refractivity contribution in [2.45, 2.75) is 12.0 Å². The predicted octanol–water partition coefficient (Wildman–Crippen LogP) is 8.03. The molecule has 234 valence electrons. The van der Waals surface area contributed by atoms with Crippen LogP contribution in [-0.2, 0) is 4.79 Å². The number of aromatic nitrogens is 5. The summed E-state index contributed by atoms with van der Waals surface area (Å²) in [7, 11) is 0. The zero-order valence-corrected chi connectivity index (χ0v) is 25.9. The molecule has 0 radical (unpaired) electrons. The summed E-state index contributed by atoms with van der Waals surface area (Å²) in [5.41, 5.74) is 6.71. The molecule has 9 heteroatoms. The fourth-order valence-corrected chi connectivity index (χ4v) is 7.53. The summed E-state index contributed by atoms with van der Waals surface area (Å²) in [5.74, 6) is -0.666. The largest absolute Gasteiger partial charge is 0.388 e. The highest BCUT2D eigenvalue weighted by atomic mass is 16.4. The number of carbonyl (C=O) groups is 1. The van der Waals surface area contributed by atoms with Crippen LogP contribution < -0.4 is 10.5 Å². The van der Waals surface area contributed by atoms with Crippen LogP contribution in [0.15, 0.2) is 143 Å². The Kier molecular flexibility index (Phi) is 5.80. The van der Waals surface area contributed by atoms with Gasteiger partial charge >= 0.3 is 12.0 Å². The third kappa shape index (κ3) is 3.93. The Labute approximate surface area is 278 Å². The number of nitrogens with one attached hydrogen (secondary N) is 2. The Morgan fingerprint density at radius 1 is 0.592 bits per heavy atom. The van der Waals surface area contributed by atoms with Gasteiger partial charge in [-0.15, -0.1) is 0 Å². The number of nitrogens with zero attached hydrogens (tertiary/aromatic N) is 4. The molecule has 1 aliphatic rings. The van der Waals surface area contributed by atoms with Crippen molar-refractivity contribution in [1.82, 2.24) is 24.7 Å². The molecule has 0 spiro atoms. The molecule has 0 saturated carbocycles. The zero-order valence-electron chi connectivity index (χ0n) is 25.9. The molecule has 1 aliphatic heterocycles. The maximum Gasteiger partial charge on any atom is 0.331 e. The van der Waals surface area contributed by atoms with E-state index >= 15 is 0 Å². The van der Waals surface area contributed by atoms with Gasteiger partial charge in [0.25, 0.3) is 5.56 Å². The first-order valence-electron chi connectivity index (χ1n) is 16.1. The Morgan fingerprint density at radius 2 is 1.18 bits per heavy atom. The Balaban J connectivity index is 1.19. The summed E-state index contributed by atoms with van der Waals surface area (Å²) >= 11 is 0. The molecule has 1 amide bonds. The highest BCUT2D eigenvalue weighted by Crippen LogP contribution is 2.52. The first-order valence-corrected chi connectivity index (χ1v) is 16.1. The number of benzene rings is 5. The third-order valence-corrected chi connectivity index (χ3v) is 9.69. The molecule has 49 heavy (non-hydrogen) atoms. The van der Waals surface area contributed by atoms with E-state index in [-0.39, 0.29) is 23.5 Å². The van der Waals surface area contributed by atoms with Crippen molar-refractivity contribution in [3.05, 3.63) is 155 Å². The molecule has 2 unspecified atom stereocenters. The number of hydrogen-bond acceptors (Lipinski definition) is 5. The number of carbonyl (C=O) groups excluding carboxylic acids is 1. The summed E-state index contributed by atoms with van der Waals surface area (Å²) in [6, 6.07) is 42.8. The number of anilines is 1. The minimum Gasteiger partial charge on any atom is -0.388 e. The number of pyridine rings is 1. The van der Waals surface area contributed by atoms with Gasteiger partial charge in [0, 0.05) is 38.1 Å². The lowest BCUT2D eigenvalue weighted by molar-refractivity contribution is -0.126. The van der Waals surface area contributed by atoms with Gasteiger partial charge in [0.2, 0.25) is 5.91 Å². The lowest BCUT2D eigenvalue weighted by atomic mass is 9.76. The molecule has 10 rings (SSSR count). The van der Waals surface area contributed by atoms with Crippen LogP contribution in [0.2, 0.25) is 0 Å². The van der Waals surface area contributed by atoms with E-state index in [1.54, 1.807) is 11.0 Å². The molecular weight excluding hydrogens is 612 g/mol. The average molecular weight is 639 g/mol. The van der Waals surface area contributed by atoms with Crippen LogP contribution in [0.1, 0.15) is 23.1 Å². The van der Waals surface area contributed by atoms with Crippen molar-refractivity contribution in [2.75, 3.05) is 4.90 Å². The maximum absolute atomic E-state index is 14.3. The Bertz CT molecular complexity index is 2790. The molecule has 9 aromatic rings. The summed E-state index contributed by atoms with van der Waals surface area (Å²) in [6.45, 7) is 0. The fraction of sp³-hybridized carbons (Fsp3) is 0.0500. The van der Waals surface area contributed by atoms with Gasteiger partial charge in [-0.3, -0.25) is 14.5 Å².